The number of halogens is 1. The van der Waals surface area contributed by atoms with Crippen LogP contribution in [0.5, 0.6) is 0 Å². The van der Waals surface area contributed by atoms with Gasteiger partial charge in [0.25, 0.3) is 0 Å². The van der Waals surface area contributed by atoms with Crippen LogP contribution in [0.25, 0.3) is 0 Å². The summed E-state index contributed by atoms with van der Waals surface area (Å²) in [5, 5.41) is 9.58. The molecule has 0 fully saturated rings. The molecule has 0 saturated heterocycles. The van der Waals surface area contributed by atoms with Crippen molar-refractivity contribution in [2.75, 3.05) is 6.54 Å². The molecule has 0 bridgehead atoms. The number of aromatic nitrogens is 1. The van der Waals surface area contributed by atoms with Crippen molar-refractivity contribution in [3.05, 3.63) is 29.8 Å². The lowest BCUT2D eigenvalue weighted by molar-refractivity contribution is 0.0621. The SMILES string of the molecule is CC(O)(CN)c1ccc(F)cn1. The molecule has 66 valence electrons. The number of nitrogens with two attached hydrogens (primary N) is 1. The van der Waals surface area contributed by atoms with E-state index in [1.54, 1.807) is 0 Å². The predicted molar refractivity (Wildman–Crippen MR) is 42.8 cm³/mol. The molecule has 0 aromatic carbocycles. The van der Waals surface area contributed by atoms with Crippen LogP contribution in [0.15, 0.2) is 18.3 Å². The van der Waals surface area contributed by atoms with E-state index in [1.807, 2.05) is 0 Å². The molecule has 3 nitrogen and oxygen atoms in total. The van der Waals surface area contributed by atoms with Crippen molar-refractivity contribution in [2.24, 2.45) is 5.73 Å². The highest BCUT2D eigenvalue weighted by molar-refractivity contribution is 5.12. The van der Waals surface area contributed by atoms with E-state index in [-0.39, 0.29) is 6.54 Å². The van der Waals surface area contributed by atoms with Gasteiger partial charge in [0.15, 0.2) is 0 Å². The van der Waals surface area contributed by atoms with Crippen molar-refractivity contribution < 1.29 is 9.50 Å². The molecule has 0 aliphatic rings. The smallest absolute Gasteiger partial charge is 0.141 e. The predicted octanol–water partition coefficient (Wildman–Crippen LogP) is 0.387. The molecule has 3 N–H and O–H groups in total. The maximum Gasteiger partial charge on any atom is 0.141 e. The van der Waals surface area contributed by atoms with E-state index in [1.165, 1.54) is 19.1 Å². The van der Waals surface area contributed by atoms with Gasteiger partial charge in [-0.1, -0.05) is 0 Å². The van der Waals surface area contributed by atoms with Crippen LogP contribution < -0.4 is 5.73 Å². The van der Waals surface area contributed by atoms with E-state index in [4.69, 9.17) is 5.73 Å². The molecule has 4 heteroatoms. The number of rotatable bonds is 2. The zero-order chi connectivity index (χ0) is 9.19. The number of aliphatic hydroxyl groups is 1. The van der Waals surface area contributed by atoms with Crippen LogP contribution in [0.2, 0.25) is 0 Å². The Balaban J connectivity index is 2.96. The standard InChI is InChI=1S/C8H11FN2O/c1-8(12,5-10)7-3-2-6(9)4-11-7/h2-4,12H,5,10H2,1H3. The van der Waals surface area contributed by atoms with Gasteiger partial charge in [-0.05, 0) is 19.1 Å². The second-order valence-electron chi connectivity index (χ2n) is 2.84. The van der Waals surface area contributed by atoms with E-state index in [9.17, 15) is 9.50 Å². The van der Waals surface area contributed by atoms with E-state index < -0.39 is 11.4 Å². The second kappa shape index (κ2) is 3.16. The molecule has 0 radical (unpaired) electrons. The van der Waals surface area contributed by atoms with Crippen molar-refractivity contribution >= 4 is 0 Å². The van der Waals surface area contributed by atoms with Crippen LogP contribution >= 0.6 is 0 Å². The molecular weight excluding hydrogens is 159 g/mol. The second-order valence-corrected chi connectivity index (χ2v) is 2.84. The largest absolute Gasteiger partial charge is 0.383 e. The third-order valence-corrected chi connectivity index (χ3v) is 1.68. The fourth-order valence-electron chi connectivity index (χ4n) is 0.799. The lowest BCUT2D eigenvalue weighted by atomic mass is 10.0. The number of pyridine rings is 1. The van der Waals surface area contributed by atoms with Crippen LogP contribution in [0, 0.1) is 5.82 Å². The lowest BCUT2D eigenvalue weighted by Crippen LogP contribution is -2.32. The van der Waals surface area contributed by atoms with Crippen molar-refractivity contribution in [3.8, 4) is 0 Å². The molecule has 1 rings (SSSR count). The van der Waals surface area contributed by atoms with Gasteiger partial charge >= 0.3 is 0 Å². The molecule has 12 heavy (non-hydrogen) atoms. The Hall–Kier alpha value is -1.00. The Labute approximate surface area is 70.0 Å². The van der Waals surface area contributed by atoms with Crippen LogP contribution in [0.1, 0.15) is 12.6 Å². The summed E-state index contributed by atoms with van der Waals surface area (Å²) in [7, 11) is 0. The average Bonchev–Trinajstić information content (AvgIpc) is 2.05. The minimum Gasteiger partial charge on any atom is -0.383 e. The summed E-state index contributed by atoms with van der Waals surface area (Å²) in [6.45, 7) is 1.60. The first kappa shape index (κ1) is 9.09. The molecule has 0 amide bonds. The minimum absolute atomic E-state index is 0.0611. The maximum absolute atomic E-state index is 12.4. The molecular formula is C8H11FN2O. The summed E-state index contributed by atoms with van der Waals surface area (Å²) < 4.78 is 12.4. The van der Waals surface area contributed by atoms with Gasteiger partial charge in [-0.2, -0.15) is 0 Å². The van der Waals surface area contributed by atoms with Gasteiger partial charge in [0.05, 0.1) is 11.9 Å². The normalized spacial score (nSPS) is 15.7. The summed E-state index contributed by atoms with van der Waals surface area (Å²) in [5.74, 6) is -0.424. The van der Waals surface area contributed by atoms with Gasteiger partial charge in [-0.15, -0.1) is 0 Å². The first-order valence-electron chi connectivity index (χ1n) is 3.61. The summed E-state index contributed by atoms with van der Waals surface area (Å²) in [6, 6.07) is 2.66. The Kier molecular flexibility index (Phi) is 2.40. The van der Waals surface area contributed by atoms with Crippen LogP contribution in [0.4, 0.5) is 4.39 Å². The van der Waals surface area contributed by atoms with Crippen LogP contribution in [-0.4, -0.2) is 16.6 Å². The van der Waals surface area contributed by atoms with E-state index in [0.717, 1.165) is 6.20 Å². The van der Waals surface area contributed by atoms with Crippen molar-refractivity contribution in [3.63, 3.8) is 0 Å². The Morgan fingerprint density at radius 1 is 1.67 bits per heavy atom. The fraction of sp³-hybridized carbons (Fsp3) is 0.375. The summed E-state index contributed by atoms with van der Waals surface area (Å²) >= 11 is 0. The molecule has 1 atom stereocenters. The van der Waals surface area contributed by atoms with Gasteiger partial charge in [0, 0.05) is 6.54 Å². The van der Waals surface area contributed by atoms with E-state index >= 15 is 0 Å². The fourth-order valence-corrected chi connectivity index (χ4v) is 0.799. The number of hydrogen-bond donors (Lipinski definition) is 2. The highest BCUT2D eigenvalue weighted by Gasteiger charge is 2.21. The lowest BCUT2D eigenvalue weighted by Gasteiger charge is -2.19. The minimum atomic E-state index is -1.17. The quantitative estimate of drug-likeness (QED) is 0.674. The Morgan fingerprint density at radius 2 is 2.33 bits per heavy atom. The highest BCUT2D eigenvalue weighted by atomic mass is 19.1. The zero-order valence-corrected chi connectivity index (χ0v) is 6.79. The average molecular weight is 170 g/mol. The third kappa shape index (κ3) is 1.78. The summed E-state index contributed by atoms with van der Waals surface area (Å²) in [6.07, 6.45) is 1.06. The van der Waals surface area contributed by atoms with Crippen molar-refractivity contribution in [2.45, 2.75) is 12.5 Å². The van der Waals surface area contributed by atoms with Gasteiger partial charge in [-0.3, -0.25) is 4.98 Å². The first-order valence-corrected chi connectivity index (χ1v) is 3.61. The molecule has 1 unspecified atom stereocenters. The topological polar surface area (TPSA) is 59.1 Å². The van der Waals surface area contributed by atoms with Gasteiger partial charge < -0.3 is 10.8 Å². The number of nitrogens with zero attached hydrogens (tertiary/aromatic N) is 1. The molecule has 0 saturated carbocycles. The molecule has 1 aromatic heterocycles. The van der Waals surface area contributed by atoms with E-state index in [0.29, 0.717) is 5.69 Å². The molecule has 1 aromatic rings. The molecule has 0 aliphatic carbocycles. The third-order valence-electron chi connectivity index (χ3n) is 1.68. The summed E-state index contributed by atoms with van der Waals surface area (Å²) in [5.41, 5.74) is 4.50. The van der Waals surface area contributed by atoms with Gasteiger partial charge in [-0.25, -0.2) is 4.39 Å². The number of hydrogen-bond acceptors (Lipinski definition) is 3. The maximum atomic E-state index is 12.4. The van der Waals surface area contributed by atoms with Crippen molar-refractivity contribution in [1.82, 2.24) is 4.98 Å². The zero-order valence-electron chi connectivity index (χ0n) is 6.79. The van der Waals surface area contributed by atoms with Crippen LogP contribution in [-0.2, 0) is 5.60 Å². The van der Waals surface area contributed by atoms with Crippen molar-refractivity contribution in [1.29, 1.82) is 0 Å². The monoisotopic (exact) mass is 170 g/mol. The molecule has 0 spiro atoms. The van der Waals surface area contributed by atoms with Gasteiger partial charge in [0.2, 0.25) is 0 Å². The molecule has 0 aliphatic heterocycles. The van der Waals surface area contributed by atoms with E-state index in [2.05, 4.69) is 4.98 Å². The highest BCUT2D eigenvalue weighted by Crippen LogP contribution is 2.15. The van der Waals surface area contributed by atoms with Crippen LogP contribution in [0.3, 0.4) is 0 Å². The Morgan fingerprint density at radius 3 is 2.75 bits per heavy atom. The first-order chi connectivity index (χ1) is 5.56. The Bertz CT molecular complexity index is 258. The molecule has 1 heterocycles. The summed E-state index contributed by atoms with van der Waals surface area (Å²) in [4.78, 5) is 3.72. The van der Waals surface area contributed by atoms with Gasteiger partial charge in [0.1, 0.15) is 11.4 Å².